The summed E-state index contributed by atoms with van der Waals surface area (Å²) in [5.41, 5.74) is 1.82. The highest BCUT2D eigenvalue weighted by molar-refractivity contribution is 5.92. The minimum absolute atomic E-state index is 0.0735. The summed E-state index contributed by atoms with van der Waals surface area (Å²) in [6.07, 6.45) is 6.82. The molecule has 6 nitrogen and oxygen atoms in total. The average Bonchev–Trinajstić information content (AvgIpc) is 3.07. The highest BCUT2D eigenvalue weighted by Gasteiger charge is 2.27. The summed E-state index contributed by atoms with van der Waals surface area (Å²) in [7, 11) is 0. The van der Waals surface area contributed by atoms with E-state index < -0.39 is 0 Å². The average molecular weight is 287 g/mol. The van der Waals surface area contributed by atoms with Crippen molar-refractivity contribution in [1.29, 1.82) is 0 Å². The predicted octanol–water partition coefficient (Wildman–Crippen LogP) is 1.72. The van der Waals surface area contributed by atoms with Crippen LogP contribution in [0.4, 0.5) is 0 Å². The number of nitrogens with zero attached hydrogens (tertiary/aromatic N) is 4. The van der Waals surface area contributed by atoms with Crippen LogP contribution in [0, 0.1) is 6.92 Å². The lowest BCUT2D eigenvalue weighted by atomic mass is 10.3. The third kappa shape index (κ3) is 2.84. The fourth-order valence-electron chi connectivity index (χ4n) is 2.67. The van der Waals surface area contributed by atoms with Gasteiger partial charge in [-0.15, -0.1) is 0 Å². The van der Waals surface area contributed by atoms with Crippen molar-refractivity contribution >= 4 is 5.91 Å². The van der Waals surface area contributed by atoms with E-state index in [0.717, 1.165) is 12.2 Å². The first-order valence-electron chi connectivity index (χ1n) is 7.53. The molecule has 0 aromatic carbocycles. The first kappa shape index (κ1) is 13.9. The lowest BCUT2D eigenvalue weighted by Gasteiger charge is -2.09. The van der Waals surface area contributed by atoms with Crippen molar-refractivity contribution in [1.82, 2.24) is 24.6 Å². The highest BCUT2D eigenvalue weighted by atomic mass is 16.2. The fraction of sp³-hybridized carbons (Fsp3) is 0.533. The molecule has 2 aromatic rings. The maximum atomic E-state index is 12.1. The van der Waals surface area contributed by atoms with Gasteiger partial charge in [-0.05, 0) is 32.8 Å². The van der Waals surface area contributed by atoms with Gasteiger partial charge >= 0.3 is 0 Å². The van der Waals surface area contributed by atoms with Crippen LogP contribution < -0.4 is 5.32 Å². The Kier molecular flexibility index (Phi) is 3.77. The number of nitrogens with one attached hydrogen (secondary N) is 1. The summed E-state index contributed by atoms with van der Waals surface area (Å²) >= 11 is 0. The van der Waals surface area contributed by atoms with E-state index in [2.05, 4.69) is 26.9 Å². The van der Waals surface area contributed by atoms with Gasteiger partial charge in [-0.3, -0.25) is 9.48 Å². The zero-order chi connectivity index (χ0) is 14.8. The first-order chi connectivity index (χ1) is 10.2. The minimum Gasteiger partial charge on any atom is -0.350 e. The standard InChI is InChI=1S/C15H21N5O/c1-3-19-13(6-9-18-19)15(21)16-8-7-14-17-10-11(2)20(14)12-4-5-12/h6,9-10,12H,3-5,7-8H2,1-2H3,(H,16,21). The SMILES string of the molecule is CCn1nccc1C(=O)NCCc1ncc(C)n1C1CC1. The van der Waals surface area contributed by atoms with Crippen LogP contribution in [0.3, 0.4) is 0 Å². The number of hydrogen-bond acceptors (Lipinski definition) is 3. The lowest BCUT2D eigenvalue weighted by molar-refractivity contribution is 0.0943. The Morgan fingerprint density at radius 2 is 2.29 bits per heavy atom. The Labute approximate surface area is 124 Å². The molecule has 0 radical (unpaired) electrons. The number of imidazole rings is 1. The largest absolute Gasteiger partial charge is 0.350 e. The van der Waals surface area contributed by atoms with Gasteiger partial charge in [-0.25, -0.2) is 4.98 Å². The van der Waals surface area contributed by atoms with Crippen LogP contribution in [-0.4, -0.2) is 31.8 Å². The van der Waals surface area contributed by atoms with Crippen molar-refractivity contribution in [2.75, 3.05) is 6.54 Å². The van der Waals surface area contributed by atoms with Crippen LogP contribution in [0.5, 0.6) is 0 Å². The van der Waals surface area contributed by atoms with Crippen LogP contribution in [0.15, 0.2) is 18.5 Å². The van der Waals surface area contributed by atoms with E-state index in [1.54, 1.807) is 16.9 Å². The second-order valence-corrected chi connectivity index (χ2v) is 5.46. The van der Waals surface area contributed by atoms with Gasteiger partial charge in [0.25, 0.3) is 5.91 Å². The number of aromatic nitrogens is 4. The molecule has 0 saturated heterocycles. The van der Waals surface area contributed by atoms with Gasteiger partial charge in [0.2, 0.25) is 0 Å². The van der Waals surface area contributed by atoms with Crippen molar-refractivity contribution in [2.45, 2.75) is 45.7 Å². The van der Waals surface area contributed by atoms with E-state index in [0.29, 0.717) is 24.8 Å². The molecule has 0 aliphatic heterocycles. The molecule has 1 N–H and O–H groups in total. The zero-order valence-corrected chi connectivity index (χ0v) is 12.5. The predicted molar refractivity (Wildman–Crippen MR) is 79.2 cm³/mol. The molecule has 112 valence electrons. The molecule has 1 aliphatic carbocycles. The molecule has 0 bridgehead atoms. The third-order valence-corrected chi connectivity index (χ3v) is 3.85. The molecule has 1 aliphatic rings. The second kappa shape index (κ2) is 5.71. The molecule has 3 rings (SSSR count). The molecule has 0 spiro atoms. The van der Waals surface area contributed by atoms with E-state index in [1.165, 1.54) is 18.5 Å². The first-order valence-corrected chi connectivity index (χ1v) is 7.53. The lowest BCUT2D eigenvalue weighted by Crippen LogP contribution is -2.28. The van der Waals surface area contributed by atoms with Crippen molar-refractivity contribution in [3.05, 3.63) is 35.7 Å². The van der Waals surface area contributed by atoms with Crippen molar-refractivity contribution in [3.63, 3.8) is 0 Å². The van der Waals surface area contributed by atoms with Gasteiger partial charge in [0.05, 0.1) is 0 Å². The Morgan fingerprint density at radius 3 is 3.00 bits per heavy atom. The van der Waals surface area contributed by atoms with Crippen molar-refractivity contribution in [3.8, 4) is 0 Å². The number of amides is 1. The van der Waals surface area contributed by atoms with E-state index in [-0.39, 0.29) is 5.91 Å². The van der Waals surface area contributed by atoms with Gasteiger partial charge in [0.15, 0.2) is 0 Å². The van der Waals surface area contributed by atoms with E-state index in [1.807, 2.05) is 13.1 Å². The fourth-order valence-corrected chi connectivity index (χ4v) is 2.67. The number of rotatable bonds is 6. The molecule has 1 saturated carbocycles. The van der Waals surface area contributed by atoms with Gasteiger partial charge in [0, 0.05) is 43.6 Å². The van der Waals surface area contributed by atoms with Crippen LogP contribution in [0.2, 0.25) is 0 Å². The molecule has 1 amide bonds. The molecule has 0 unspecified atom stereocenters. The van der Waals surface area contributed by atoms with Crippen LogP contribution in [0.25, 0.3) is 0 Å². The van der Waals surface area contributed by atoms with Crippen molar-refractivity contribution < 1.29 is 4.79 Å². The van der Waals surface area contributed by atoms with Crippen molar-refractivity contribution in [2.24, 2.45) is 0 Å². The van der Waals surface area contributed by atoms with E-state index >= 15 is 0 Å². The number of hydrogen-bond donors (Lipinski definition) is 1. The maximum absolute atomic E-state index is 12.1. The summed E-state index contributed by atoms with van der Waals surface area (Å²) < 4.78 is 4.01. The highest BCUT2D eigenvalue weighted by Crippen LogP contribution is 2.36. The minimum atomic E-state index is -0.0735. The van der Waals surface area contributed by atoms with E-state index in [4.69, 9.17) is 0 Å². The van der Waals surface area contributed by atoms with Crippen LogP contribution in [0.1, 0.15) is 47.8 Å². The molecule has 6 heteroatoms. The van der Waals surface area contributed by atoms with Gasteiger partial charge in [0.1, 0.15) is 11.5 Å². The van der Waals surface area contributed by atoms with Gasteiger partial charge in [-0.1, -0.05) is 0 Å². The van der Waals surface area contributed by atoms with Gasteiger partial charge in [-0.2, -0.15) is 5.10 Å². The molecule has 2 heterocycles. The normalized spacial score (nSPS) is 14.4. The summed E-state index contributed by atoms with van der Waals surface area (Å²) in [5.74, 6) is 0.995. The number of aryl methyl sites for hydroxylation is 2. The second-order valence-electron chi connectivity index (χ2n) is 5.46. The third-order valence-electron chi connectivity index (χ3n) is 3.85. The maximum Gasteiger partial charge on any atom is 0.269 e. The molecule has 0 atom stereocenters. The Morgan fingerprint density at radius 1 is 1.48 bits per heavy atom. The van der Waals surface area contributed by atoms with Gasteiger partial charge < -0.3 is 9.88 Å². The molecular formula is C15H21N5O. The smallest absolute Gasteiger partial charge is 0.269 e. The van der Waals surface area contributed by atoms with E-state index in [9.17, 15) is 4.79 Å². The summed E-state index contributed by atoms with van der Waals surface area (Å²) in [6.45, 7) is 5.35. The topological polar surface area (TPSA) is 64.7 Å². The summed E-state index contributed by atoms with van der Waals surface area (Å²) in [4.78, 5) is 16.6. The summed E-state index contributed by atoms with van der Waals surface area (Å²) in [6, 6.07) is 2.37. The Balaban J connectivity index is 1.58. The van der Waals surface area contributed by atoms with Crippen LogP contribution in [-0.2, 0) is 13.0 Å². The zero-order valence-electron chi connectivity index (χ0n) is 12.5. The molecular weight excluding hydrogens is 266 g/mol. The quantitative estimate of drug-likeness (QED) is 0.879. The number of carbonyl (C=O) groups excluding carboxylic acids is 1. The molecule has 21 heavy (non-hydrogen) atoms. The Bertz CT molecular complexity index is 638. The van der Waals surface area contributed by atoms with Crippen LogP contribution >= 0.6 is 0 Å². The monoisotopic (exact) mass is 287 g/mol. The summed E-state index contributed by atoms with van der Waals surface area (Å²) in [5, 5.41) is 7.06. The number of carbonyl (C=O) groups is 1. The molecule has 2 aromatic heterocycles. The molecule has 1 fully saturated rings. The Hall–Kier alpha value is -2.11.